The molecule has 0 aliphatic carbocycles. The van der Waals surface area contributed by atoms with Gasteiger partial charge in [0.05, 0.1) is 0 Å². The van der Waals surface area contributed by atoms with Crippen molar-refractivity contribution in [2.45, 2.75) is 27.2 Å². The van der Waals surface area contributed by atoms with Crippen LogP contribution in [0.5, 0.6) is 0 Å². The van der Waals surface area contributed by atoms with Crippen LogP contribution in [0.4, 0.5) is 0 Å². The highest BCUT2D eigenvalue weighted by atomic mass is 14.7. The minimum absolute atomic E-state index is 0.471. The van der Waals surface area contributed by atoms with Gasteiger partial charge in [-0.1, -0.05) is 20.8 Å². The molecular weight excluding hydrogens is 136 g/mol. The average Bonchev–Trinajstić information content (AvgIpc) is 1.98. The zero-order valence-corrected chi connectivity index (χ0v) is 7.89. The van der Waals surface area contributed by atoms with E-state index in [1.165, 1.54) is 0 Å². The Labute approximate surface area is 69.2 Å². The Kier molecular flexibility index (Phi) is 4.59. The van der Waals surface area contributed by atoms with Crippen LogP contribution < -0.4 is 5.73 Å². The fourth-order valence-corrected chi connectivity index (χ4v) is 0.946. The van der Waals surface area contributed by atoms with Gasteiger partial charge in [0.2, 0.25) is 0 Å². The van der Waals surface area contributed by atoms with E-state index in [2.05, 4.69) is 25.8 Å². The summed E-state index contributed by atoms with van der Waals surface area (Å²) in [5.41, 5.74) is 7.90. The largest absolute Gasteiger partial charge is 0.402 e. The van der Waals surface area contributed by atoms with Crippen molar-refractivity contribution in [3.05, 3.63) is 11.3 Å². The van der Waals surface area contributed by atoms with Crippen LogP contribution in [0, 0.1) is 5.92 Å². The first-order chi connectivity index (χ1) is 5.13. The van der Waals surface area contributed by atoms with Crippen molar-refractivity contribution in [2.24, 2.45) is 16.6 Å². The van der Waals surface area contributed by atoms with Gasteiger partial charge in [0.15, 0.2) is 0 Å². The van der Waals surface area contributed by atoms with Crippen molar-refractivity contribution in [3.63, 3.8) is 0 Å². The third-order valence-corrected chi connectivity index (χ3v) is 1.64. The van der Waals surface area contributed by atoms with E-state index in [0.29, 0.717) is 5.92 Å². The Hall–Kier alpha value is -0.790. The van der Waals surface area contributed by atoms with Crippen molar-refractivity contribution >= 4 is 6.21 Å². The molecule has 0 unspecified atom stereocenters. The van der Waals surface area contributed by atoms with E-state index in [1.54, 1.807) is 7.05 Å². The standard InChI is InChI=1S/C9H18N2/c1-5-9(10)8(6-11-4)7(2)3/h6-7H,5,10H2,1-4H3/b9-8+,11-6?. The molecule has 2 nitrogen and oxygen atoms in total. The molecule has 0 saturated heterocycles. The molecule has 0 aromatic carbocycles. The first-order valence-electron chi connectivity index (χ1n) is 4.04. The van der Waals surface area contributed by atoms with Crippen molar-refractivity contribution in [3.8, 4) is 0 Å². The monoisotopic (exact) mass is 154 g/mol. The predicted octanol–water partition coefficient (Wildman–Crippen LogP) is 1.97. The predicted molar refractivity (Wildman–Crippen MR) is 50.8 cm³/mol. The quantitative estimate of drug-likeness (QED) is 0.620. The minimum Gasteiger partial charge on any atom is -0.402 e. The second-order valence-corrected chi connectivity index (χ2v) is 2.88. The molecule has 0 bridgehead atoms. The Morgan fingerprint density at radius 1 is 1.55 bits per heavy atom. The van der Waals surface area contributed by atoms with Gasteiger partial charge in [-0.15, -0.1) is 0 Å². The summed E-state index contributed by atoms with van der Waals surface area (Å²) in [6, 6.07) is 0. The Morgan fingerprint density at radius 3 is 2.36 bits per heavy atom. The summed E-state index contributed by atoms with van der Waals surface area (Å²) in [6.07, 6.45) is 2.75. The van der Waals surface area contributed by atoms with Crippen molar-refractivity contribution < 1.29 is 0 Å². The van der Waals surface area contributed by atoms with Crippen LogP contribution in [0.2, 0.25) is 0 Å². The number of rotatable bonds is 3. The van der Waals surface area contributed by atoms with Crippen LogP contribution in [-0.2, 0) is 0 Å². The molecule has 0 aliphatic rings. The first kappa shape index (κ1) is 10.2. The van der Waals surface area contributed by atoms with E-state index in [9.17, 15) is 0 Å². The second-order valence-electron chi connectivity index (χ2n) is 2.88. The number of nitrogens with zero attached hydrogens (tertiary/aromatic N) is 1. The van der Waals surface area contributed by atoms with Crippen molar-refractivity contribution in [1.29, 1.82) is 0 Å². The van der Waals surface area contributed by atoms with Crippen LogP contribution >= 0.6 is 0 Å². The third kappa shape index (κ3) is 3.21. The van der Waals surface area contributed by atoms with E-state index in [0.717, 1.165) is 17.7 Å². The van der Waals surface area contributed by atoms with Crippen LogP contribution in [0.25, 0.3) is 0 Å². The van der Waals surface area contributed by atoms with Crippen LogP contribution in [0.3, 0.4) is 0 Å². The number of hydrogen-bond donors (Lipinski definition) is 1. The summed E-state index contributed by atoms with van der Waals surface area (Å²) in [4.78, 5) is 3.96. The molecule has 0 aromatic heterocycles. The van der Waals surface area contributed by atoms with Gasteiger partial charge in [-0.2, -0.15) is 0 Å². The molecule has 0 radical (unpaired) electrons. The van der Waals surface area contributed by atoms with E-state index in [-0.39, 0.29) is 0 Å². The highest BCUT2D eigenvalue weighted by molar-refractivity contribution is 5.79. The lowest BCUT2D eigenvalue weighted by atomic mass is 10.0. The lowest BCUT2D eigenvalue weighted by molar-refractivity contribution is 0.783. The van der Waals surface area contributed by atoms with Crippen LogP contribution in [-0.4, -0.2) is 13.3 Å². The van der Waals surface area contributed by atoms with Gasteiger partial charge < -0.3 is 5.73 Å². The lowest BCUT2D eigenvalue weighted by Crippen LogP contribution is -2.07. The van der Waals surface area contributed by atoms with E-state index >= 15 is 0 Å². The van der Waals surface area contributed by atoms with Crippen LogP contribution in [0.1, 0.15) is 27.2 Å². The molecule has 2 heteroatoms. The fourth-order valence-electron chi connectivity index (χ4n) is 0.946. The van der Waals surface area contributed by atoms with Gasteiger partial charge in [-0.3, -0.25) is 4.99 Å². The lowest BCUT2D eigenvalue weighted by Gasteiger charge is -2.08. The zero-order chi connectivity index (χ0) is 8.85. The Bertz CT molecular complexity index is 166. The molecule has 0 fully saturated rings. The molecule has 0 atom stereocenters. The summed E-state index contributed by atoms with van der Waals surface area (Å²) in [5, 5.41) is 0. The second kappa shape index (κ2) is 4.94. The third-order valence-electron chi connectivity index (χ3n) is 1.64. The maximum atomic E-state index is 5.79. The molecule has 2 N–H and O–H groups in total. The summed E-state index contributed by atoms with van der Waals surface area (Å²) in [7, 11) is 1.77. The molecule has 11 heavy (non-hydrogen) atoms. The summed E-state index contributed by atoms with van der Waals surface area (Å²) < 4.78 is 0. The first-order valence-corrected chi connectivity index (χ1v) is 4.04. The summed E-state index contributed by atoms with van der Waals surface area (Å²) in [6.45, 7) is 6.31. The molecule has 0 amide bonds. The smallest absolute Gasteiger partial charge is 0.0277 e. The summed E-state index contributed by atoms with van der Waals surface area (Å²) in [5.74, 6) is 0.471. The Balaban J connectivity index is 4.57. The average molecular weight is 154 g/mol. The number of nitrogens with two attached hydrogens (primary N) is 1. The van der Waals surface area contributed by atoms with Gasteiger partial charge in [0.1, 0.15) is 0 Å². The zero-order valence-electron chi connectivity index (χ0n) is 7.89. The highest BCUT2D eigenvalue weighted by Crippen LogP contribution is 2.11. The fraction of sp³-hybridized carbons (Fsp3) is 0.667. The number of hydrogen-bond acceptors (Lipinski definition) is 2. The van der Waals surface area contributed by atoms with E-state index in [1.807, 2.05) is 6.21 Å². The van der Waals surface area contributed by atoms with Gasteiger partial charge in [0.25, 0.3) is 0 Å². The van der Waals surface area contributed by atoms with Gasteiger partial charge in [-0.25, -0.2) is 0 Å². The van der Waals surface area contributed by atoms with Crippen molar-refractivity contribution in [1.82, 2.24) is 0 Å². The Morgan fingerprint density at radius 2 is 2.09 bits per heavy atom. The number of aliphatic imine (C=N–C) groups is 1. The SMILES string of the molecule is CC/C(N)=C(/C=NC)C(C)C. The van der Waals surface area contributed by atoms with E-state index < -0.39 is 0 Å². The molecule has 0 saturated carbocycles. The minimum atomic E-state index is 0.471. The van der Waals surface area contributed by atoms with E-state index in [4.69, 9.17) is 5.73 Å². The highest BCUT2D eigenvalue weighted by Gasteiger charge is 2.03. The topological polar surface area (TPSA) is 38.4 Å². The van der Waals surface area contributed by atoms with Crippen molar-refractivity contribution in [2.75, 3.05) is 7.05 Å². The molecule has 0 rings (SSSR count). The maximum Gasteiger partial charge on any atom is 0.0277 e. The molecule has 0 aliphatic heterocycles. The molecule has 0 spiro atoms. The molecule has 0 aromatic rings. The number of allylic oxidation sites excluding steroid dienone is 2. The molecule has 64 valence electrons. The van der Waals surface area contributed by atoms with Crippen LogP contribution in [0.15, 0.2) is 16.3 Å². The van der Waals surface area contributed by atoms with Gasteiger partial charge in [0, 0.05) is 19.0 Å². The molecule has 0 heterocycles. The maximum absolute atomic E-state index is 5.79. The van der Waals surface area contributed by atoms with Gasteiger partial charge in [-0.05, 0) is 17.9 Å². The normalized spacial score (nSPS) is 14.3. The molecular formula is C9H18N2. The summed E-state index contributed by atoms with van der Waals surface area (Å²) >= 11 is 0. The van der Waals surface area contributed by atoms with Gasteiger partial charge >= 0.3 is 0 Å².